The molecule has 0 aliphatic carbocycles. The summed E-state index contributed by atoms with van der Waals surface area (Å²) in [4.78, 5) is 23.8. The third-order valence-electron chi connectivity index (χ3n) is 5.96. The molecule has 34 heavy (non-hydrogen) atoms. The molecule has 0 aromatic heterocycles. The van der Waals surface area contributed by atoms with E-state index in [9.17, 15) is 14.7 Å². The molecule has 2 N–H and O–H groups in total. The van der Waals surface area contributed by atoms with Crippen molar-refractivity contribution in [3.8, 4) is 22.6 Å². The fraction of sp³-hybridized carbons (Fsp3) is 0.0714. The first kappa shape index (κ1) is 23.0. The number of ether oxygens (including phenoxy) is 1. The second-order valence-corrected chi connectivity index (χ2v) is 13.0. The molecule has 5 nitrogen and oxygen atoms in total. The Kier molecular flexibility index (Phi) is 6.34. The molecular formula is C28H24O5Si. The summed E-state index contributed by atoms with van der Waals surface area (Å²) < 4.78 is 5.53. The van der Waals surface area contributed by atoms with Gasteiger partial charge in [0.1, 0.15) is 19.6 Å². The Balaban J connectivity index is 1.45. The van der Waals surface area contributed by atoms with Crippen LogP contribution in [0.15, 0.2) is 97.1 Å². The predicted molar refractivity (Wildman–Crippen MR) is 135 cm³/mol. The summed E-state index contributed by atoms with van der Waals surface area (Å²) in [7, 11) is -2.05. The summed E-state index contributed by atoms with van der Waals surface area (Å²) in [6.07, 6.45) is 0. The molecular weight excluding hydrogens is 444 g/mol. The fourth-order valence-corrected chi connectivity index (χ4v) is 6.09. The van der Waals surface area contributed by atoms with E-state index < -0.39 is 20.0 Å². The molecule has 6 heteroatoms. The van der Waals surface area contributed by atoms with Gasteiger partial charge in [-0.2, -0.15) is 0 Å². The highest BCUT2D eigenvalue weighted by molar-refractivity contribution is 7.00. The van der Waals surface area contributed by atoms with Crippen LogP contribution in [0, 0.1) is 0 Å². The van der Waals surface area contributed by atoms with E-state index in [-0.39, 0.29) is 11.3 Å². The van der Waals surface area contributed by atoms with Gasteiger partial charge < -0.3 is 14.9 Å². The number of hydrogen-bond donors (Lipinski definition) is 2. The lowest BCUT2D eigenvalue weighted by atomic mass is 10.1. The van der Waals surface area contributed by atoms with Crippen LogP contribution in [0.1, 0.15) is 20.7 Å². The maximum atomic E-state index is 12.6. The van der Waals surface area contributed by atoms with E-state index in [1.165, 1.54) is 0 Å². The SMILES string of the molecule is C[Si](C)(c1ccc(C(=O)O)cc1)c1ccc(C(=O)Oc2ccc(-c3ccc(O)cc3)cc2)cc1. The van der Waals surface area contributed by atoms with Crippen molar-refractivity contribution in [1.82, 2.24) is 0 Å². The zero-order valence-electron chi connectivity index (χ0n) is 18.9. The first-order chi connectivity index (χ1) is 16.2. The van der Waals surface area contributed by atoms with E-state index in [1.807, 2.05) is 48.5 Å². The quantitative estimate of drug-likeness (QED) is 0.241. The second-order valence-electron chi connectivity index (χ2n) is 8.55. The lowest BCUT2D eigenvalue weighted by Gasteiger charge is -2.24. The molecule has 0 saturated carbocycles. The number of carboxylic acid groups (broad SMARTS) is 1. The van der Waals surface area contributed by atoms with Gasteiger partial charge in [-0.1, -0.05) is 72.0 Å². The highest BCUT2D eigenvalue weighted by atomic mass is 28.3. The smallest absolute Gasteiger partial charge is 0.343 e. The van der Waals surface area contributed by atoms with Crippen molar-refractivity contribution in [1.29, 1.82) is 0 Å². The van der Waals surface area contributed by atoms with E-state index in [2.05, 4.69) is 13.1 Å². The van der Waals surface area contributed by atoms with E-state index in [1.54, 1.807) is 48.5 Å². The Hall–Kier alpha value is -4.16. The lowest BCUT2D eigenvalue weighted by Crippen LogP contribution is -2.52. The number of carbonyl (C=O) groups excluding carboxylic acids is 1. The van der Waals surface area contributed by atoms with Crippen LogP contribution < -0.4 is 15.1 Å². The van der Waals surface area contributed by atoms with Gasteiger partial charge in [0.2, 0.25) is 0 Å². The highest BCUT2D eigenvalue weighted by Crippen LogP contribution is 2.24. The Morgan fingerprint density at radius 1 is 0.647 bits per heavy atom. The zero-order chi connectivity index (χ0) is 24.3. The molecule has 0 fully saturated rings. The van der Waals surface area contributed by atoms with Gasteiger partial charge in [-0.05, 0) is 59.7 Å². The molecule has 0 saturated heterocycles. The molecule has 0 atom stereocenters. The van der Waals surface area contributed by atoms with Gasteiger partial charge in [0, 0.05) is 0 Å². The number of rotatable bonds is 6. The van der Waals surface area contributed by atoms with Crippen LogP contribution >= 0.6 is 0 Å². The van der Waals surface area contributed by atoms with Gasteiger partial charge in [0.25, 0.3) is 0 Å². The maximum Gasteiger partial charge on any atom is 0.343 e. The Bertz CT molecular complexity index is 1310. The third kappa shape index (κ3) is 4.92. The van der Waals surface area contributed by atoms with Crippen molar-refractivity contribution < 1.29 is 24.5 Å². The number of aromatic carboxylic acids is 1. The van der Waals surface area contributed by atoms with Crippen molar-refractivity contribution in [3.05, 3.63) is 108 Å². The number of hydrogen-bond acceptors (Lipinski definition) is 4. The van der Waals surface area contributed by atoms with E-state index in [4.69, 9.17) is 9.84 Å². The number of esters is 1. The van der Waals surface area contributed by atoms with Crippen LogP contribution in [0.25, 0.3) is 11.1 Å². The molecule has 0 amide bonds. The van der Waals surface area contributed by atoms with E-state index >= 15 is 0 Å². The van der Waals surface area contributed by atoms with Crippen molar-refractivity contribution >= 4 is 30.4 Å². The van der Waals surface area contributed by atoms with Crippen LogP contribution in [-0.2, 0) is 0 Å². The summed E-state index contributed by atoms with van der Waals surface area (Å²) in [5.41, 5.74) is 2.63. The van der Waals surface area contributed by atoms with Gasteiger partial charge in [-0.3, -0.25) is 0 Å². The summed E-state index contributed by atoms with van der Waals surface area (Å²) in [6, 6.07) is 28.5. The molecule has 170 valence electrons. The Morgan fingerprint density at radius 3 is 1.56 bits per heavy atom. The van der Waals surface area contributed by atoms with Crippen LogP contribution in [0.4, 0.5) is 0 Å². The number of benzene rings is 4. The fourth-order valence-electron chi connectivity index (χ4n) is 3.75. The van der Waals surface area contributed by atoms with Gasteiger partial charge >= 0.3 is 11.9 Å². The molecule has 0 radical (unpaired) electrons. The standard InChI is InChI=1S/C28H24O5Si/c1-34(2,25-15-7-21(8-16-25)27(30)31)26-17-9-22(10-18-26)28(32)33-24-13-5-20(6-14-24)19-3-11-23(29)12-4-19/h3-18,29H,1-2H3,(H,30,31). The zero-order valence-corrected chi connectivity index (χ0v) is 19.9. The second kappa shape index (κ2) is 9.37. The largest absolute Gasteiger partial charge is 0.508 e. The highest BCUT2D eigenvalue weighted by Gasteiger charge is 2.26. The van der Waals surface area contributed by atoms with E-state index in [0.717, 1.165) is 21.5 Å². The van der Waals surface area contributed by atoms with Crippen LogP contribution in [0.3, 0.4) is 0 Å². The molecule has 0 spiro atoms. The monoisotopic (exact) mass is 468 g/mol. The molecule has 4 rings (SSSR count). The average molecular weight is 469 g/mol. The van der Waals surface area contributed by atoms with Gasteiger partial charge in [0.15, 0.2) is 0 Å². The Morgan fingerprint density at radius 2 is 1.09 bits per heavy atom. The van der Waals surface area contributed by atoms with E-state index in [0.29, 0.717) is 11.3 Å². The first-order valence-corrected chi connectivity index (χ1v) is 13.8. The summed E-state index contributed by atoms with van der Waals surface area (Å²) in [5.74, 6) is -0.717. The van der Waals surface area contributed by atoms with Crippen molar-refractivity contribution in [3.63, 3.8) is 0 Å². The van der Waals surface area contributed by atoms with Crippen molar-refractivity contribution in [2.75, 3.05) is 0 Å². The third-order valence-corrected chi connectivity index (χ3v) is 9.51. The lowest BCUT2D eigenvalue weighted by molar-refractivity contribution is 0.0694. The summed E-state index contributed by atoms with van der Waals surface area (Å²) in [6.45, 7) is 4.37. The molecule has 4 aromatic carbocycles. The van der Waals surface area contributed by atoms with Gasteiger partial charge in [-0.25, -0.2) is 9.59 Å². The van der Waals surface area contributed by atoms with Gasteiger partial charge in [-0.15, -0.1) is 0 Å². The normalized spacial score (nSPS) is 11.1. The number of phenolic OH excluding ortho intramolecular Hbond substituents is 1. The van der Waals surface area contributed by atoms with Crippen molar-refractivity contribution in [2.45, 2.75) is 13.1 Å². The molecule has 0 unspecified atom stereocenters. The minimum absolute atomic E-state index is 0.211. The summed E-state index contributed by atoms with van der Waals surface area (Å²) >= 11 is 0. The number of aromatic hydroxyl groups is 1. The predicted octanol–water partition coefficient (Wildman–Crippen LogP) is 4.80. The molecule has 0 aliphatic rings. The first-order valence-electron chi connectivity index (χ1n) is 10.8. The number of phenols is 1. The van der Waals surface area contributed by atoms with Crippen molar-refractivity contribution in [2.24, 2.45) is 0 Å². The maximum absolute atomic E-state index is 12.6. The van der Waals surface area contributed by atoms with Crippen LogP contribution in [-0.4, -0.2) is 30.2 Å². The summed E-state index contributed by atoms with van der Waals surface area (Å²) in [5, 5.41) is 20.8. The minimum atomic E-state index is -2.05. The van der Waals surface area contributed by atoms with Crippen LogP contribution in [0.5, 0.6) is 11.5 Å². The topological polar surface area (TPSA) is 83.8 Å². The number of carboxylic acids is 1. The molecule has 0 heterocycles. The van der Waals surface area contributed by atoms with Crippen LogP contribution in [0.2, 0.25) is 13.1 Å². The number of carbonyl (C=O) groups is 2. The molecule has 4 aromatic rings. The molecule has 0 aliphatic heterocycles. The average Bonchev–Trinajstić information content (AvgIpc) is 2.85. The Labute approximate surface area is 198 Å². The molecule has 0 bridgehead atoms. The minimum Gasteiger partial charge on any atom is -0.508 e. The van der Waals surface area contributed by atoms with Gasteiger partial charge in [0.05, 0.1) is 11.1 Å².